The number of unbranched alkanes of at least 4 members (excludes halogenated alkanes) is 1. The summed E-state index contributed by atoms with van der Waals surface area (Å²) in [6.07, 6.45) is 1.81. The number of aryl methyl sites for hydroxylation is 1. The molecule has 0 saturated heterocycles. The van der Waals surface area contributed by atoms with Crippen molar-refractivity contribution in [1.29, 1.82) is 0 Å². The maximum Gasteiger partial charge on any atom is 0.258 e. The minimum Gasteiger partial charge on any atom is -0.497 e. The summed E-state index contributed by atoms with van der Waals surface area (Å²) in [6.45, 7) is 3.31. The SMILES string of the molecule is COc1ccc(OCCCCn2c(C(C)NC(=O)COc3ccccc3)nc3ccccc32)cc1. The summed E-state index contributed by atoms with van der Waals surface area (Å²) in [5.74, 6) is 2.95. The molecule has 0 spiro atoms. The fourth-order valence-corrected chi connectivity index (χ4v) is 3.91. The molecule has 0 aliphatic rings. The number of carbonyl (C=O) groups is 1. The largest absolute Gasteiger partial charge is 0.497 e. The number of imidazole rings is 1. The van der Waals surface area contributed by atoms with Crippen LogP contribution in [0.3, 0.4) is 0 Å². The Morgan fingerprint density at radius 2 is 1.57 bits per heavy atom. The van der Waals surface area contributed by atoms with Gasteiger partial charge in [0.15, 0.2) is 6.61 Å². The summed E-state index contributed by atoms with van der Waals surface area (Å²) < 4.78 is 18.8. The van der Waals surface area contributed by atoms with Crippen LogP contribution in [0, 0.1) is 0 Å². The van der Waals surface area contributed by atoms with Gasteiger partial charge in [-0.2, -0.15) is 0 Å². The van der Waals surface area contributed by atoms with E-state index in [4.69, 9.17) is 19.2 Å². The van der Waals surface area contributed by atoms with Gasteiger partial charge in [0.2, 0.25) is 0 Å². The number of benzene rings is 3. The van der Waals surface area contributed by atoms with Gasteiger partial charge in [-0.1, -0.05) is 30.3 Å². The molecule has 0 bridgehead atoms. The van der Waals surface area contributed by atoms with Gasteiger partial charge < -0.3 is 24.1 Å². The molecular weight excluding hydrogens is 442 g/mol. The number of ether oxygens (including phenoxy) is 3. The molecule has 35 heavy (non-hydrogen) atoms. The number of fused-ring (bicyclic) bond motifs is 1. The van der Waals surface area contributed by atoms with Gasteiger partial charge in [0.05, 0.1) is 30.8 Å². The number of nitrogens with zero attached hydrogens (tertiary/aromatic N) is 2. The molecule has 182 valence electrons. The molecule has 1 atom stereocenters. The van der Waals surface area contributed by atoms with E-state index >= 15 is 0 Å². The second kappa shape index (κ2) is 11.9. The average Bonchev–Trinajstić information content (AvgIpc) is 3.27. The van der Waals surface area contributed by atoms with Gasteiger partial charge in [0.1, 0.15) is 23.1 Å². The molecule has 0 aliphatic carbocycles. The van der Waals surface area contributed by atoms with E-state index < -0.39 is 0 Å². The molecule has 7 nitrogen and oxygen atoms in total. The Morgan fingerprint density at radius 1 is 0.886 bits per heavy atom. The monoisotopic (exact) mass is 473 g/mol. The number of hydrogen-bond acceptors (Lipinski definition) is 5. The highest BCUT2D eigenvalue weighted by Crippen LogP contribution is 2.22. The highest BCUT2D eigenvalue weighted by molar-refractivity contribution is 5.79. The van der Waals surface area contributed by atoms with E-state index in [1.807, 2.05) is 79.7 Å². The number of carbonyl (C=O) groups excluding carboxylic acids is 1. The van der Waals surface area contributed by atoms with Crippen LogP contribution >= 0.6 is 0 Å². The van der Waals surface area contributed by atoms with Gasteiger partial charge in [-0.3, -0.25) is 4.79 Å². The lowest BCUT2D eigenvalue weighted by atomic mass is 10.2. The summed E-state index contributed by atoms with van der Waals surface area (Å²) in [6, 6.07) is 24.7. The molecule has 1 aromatic heterocycles. The topological polar surface area (TPSA) is 74.6 Å². The van der Waals surface area contributed by atoms with Gasteiger partial charge in [0, 0.05) is 6.54 Å². The molecule has 0 radical (unpaired) electrons. The van der Waals surface area contributed by atoms with Crippen molar-refractivity contribution in [2.75, 3.05) is 20.3 Å². The minimum atomic E-state index is -0.259. The van der Waals surface area contributed by atoms with Gasteiger partial charge in [-0.25, -0.2) is 4.98 Å². The van der Waals surface area contributed by atoms with Crippen LogP contribution in [0.1, 0.15) is 31.6 Å². The quantitative estimate of drug-likeness (QED) is 0.288. The third-order valence-corrected chi connectivity index (χ3v) is 5.67. The highest BCUT2D eigenvalue weighted by atomic mass is 16.5. The zero-order chi connectivity index (χ0) is 24.5. The molecular formula is C28H31N3O4. The van der Waals surface area contributed by atoms with Crippen molar-refractivity contribution in [2.24, 2.45) is 0 Å². The first kappa shape index (κ1) is 24.1. The Morgan fingerprint density at radius 3 is 2.34 bits per heavy atom. The third kappa shape index (κ3) is 6.53. The zero-order valence-corrected chi connectivity index (χ0v) is 20.1. The van der Waals surface area contributed by atoms with Crippen LogP contribution in [-0.4, -0.2) is 35.8 Å². The smallest absolute Gasteiger partial charge is 0.258 e. The summed E-state index contributed by atoms with van der Waals surface area (Å²) in [5.41, 5.74) is 1.97. The molecule has 4 rings (SSSR count). The number of para-hydroxylation sites is 3. The summed E-state index contributed by atoms with van der Waals surface area (Å²) in [5, 5.41) is 3.02. The zero-order valence-electron chi connectivity index (χ0n) is 20.1. The normalized spacial score (nSPS) is 11.7. The second-order valence-corrected chi connectivity index (χ2v) is 8.23. The van der Waals surface area contributed by atoms with Crippen molar-refractivity contribution in [3.63, 3.8) is 0 Å². The summed E-state index contributed by atoms with van der Waals surface area (Å²) >= 11 is 0. The van der Waals surface area contributed by atoms with Crippen LogP contribution in [-0.2, 0) is 11.3 Å². The maximum atomic E-state index is 12.5. The van der Waals surface area contributed by atoms with Crippen molar-refractivity contribution in [3.05, 3.63) is 84.7 Å². The van der Waals surface area contributed by atoms with Gasteiger partial charge in [0.25, 0.3) is 5.91 Å². The third-order valence-electron chi connectivity index (χ3n) is 5.67. The highest BCUT2D eigenvalue weighted by Gasteiger charge is 2.18. The van der Waals surface area contributed by atoms with E-state index in [9.17, 15) is 4.79 Å². The van der Waals surface area contributed by atoms with E-state index in [-0.39, 0.29) is 18.6 Å². The number of nitrogens with one attached hydrogen (secondary N) is 1. The summed E-state index contributed by atoms with van der Waals surface area (Å²) in [4.78, 5) is 17.3. The molecule has 1 unspecified atom stereocenters. The number of amides is 1. The molecule has 3 aromatic carbocycles. The number of rotatable bonds is 12. The molecule has 1 amide bonds. The Hall–Kier alpha value is -4.00. The Labute approximate surface area is 205 Å². The first-order valence-electron chi connectivity index (χ1n) is 11.8. The fraction of sp³-hybridized carbons (Fsp3) is 0.286. The minimum absolute atomic E-state index is 0.0444. The van der Waals surface area contributed by atoms with Gasteiger partial charge in [-0.05, 0) is 68.3 Å². The van der Waals surface area contributed by atoms with E-state index in [1.165, 1.54) is 0 Å². The predicted molar refractivity (Wildman–Crippen MR) is 136 cm³/mol. The predicted octanol–water partition coefficient (Wildman–Crippen LogP) is 5.16. The lowest BCUT2D eigenvalue weighted by Crippen LogP contribution is -2.32. The number of aromatic nitrogens is 2. The van der Waals surface area contributed by atoms with Crippen molar-refractivity contribution < 1.29 is 19.0 Å². The number of hydrogen-bond donors (Lipinski definition) is 1. The van der Waals surface area contributed by atoms with E-state index in [0.717, 1.165) is 47.7 Å². The molecule has 1 N–H and O–H groups in total. The van der Waals surface area contributed by atoms with Crippen LogP contribution in [0.15, 0.2) is 78.9 Å². The first-order chi connectivity index (χ1) is 17.1. The van der Waals surface area contributed by atoms with E-state index in [2.05, 4.69) is 16.0 Å². The van der Waals surface area contributed by atoms with E-state index in [1.54, 1.807) is 7.11 Å². The van der Waals surface area contributed by atoms with Crippen LogP contribution in [0.2, 0.25) is 0 Å². The average molecular weight is 474 g/mol. The molecule has 7 heteroatoms. The Balaban J connectivity index is 1.33. The molecule has 0 saturated carbocycles. The maximum absolute atomic E-state index is 12.5. The number of methoxy groups -OCH3 is 1. The van der Waals surface area contributed by atoms with E-state index in [0.29, 0.717) is 12.4 Å². The Bertz CT molecular complexity index is 1220. The molecule has 1 heterocycles. The van der Waals surface area contributed by atoms with Crippen LogP contribution in [0.4, 0.5) is 0 Å². The molecule has 0 aliphatic heterocycles. The second-order valence-electron chi connectivity index (χ2n) is 8.23. The summed E-state index contributed by atoms with van der Waals surface area (Å²) in [7, 11) is 1.65. The lowest BCUT2D eigenvalue weighted by molar-refractivity contribution is -0.123. The van der Waals surface area contributed by atoms with Crippen molar-refractivity contribution in [1.82, 2.24) is 14.9 Å². The van der Waals surface area contributed by atoms with Crippen molar-refractivity contribution in [2.45, 2.75) is 32.4 Å². The van der Waals surface area contributed by atoms with Crippen LogP contribution in [0.25, 0.3) is 11.0 Å². The standard InChI is InChI=1S/C28H31N3O4/c1-21(29-27(32)20-35-23-10-4-3-5-11-23)28-30-25-12-6-7-13-26(25)31(28)18-8-9-19-34-24-16-14-22(33-2)15-17-24/h3-7,10-17,21H,8-9,18-20H2,1-2H3,(H,29,32). The van der Waals surface area contributed by atoms with Crippen molar-refractivity contribution in [3.8, 4) is 17.2 Å². The lowest BCUT2D eigenvalue weighted by Gasteiger charge is -2.17. The molecule has 4 aromatic rings. The Kier molecular flexibility index (Phi) is 8.22. The van der Waals surface area contributed by atoms with Crippen LogP contribution in [0.5, 0.6) is 17.2 Å². The van der Waals surface area contributed by atoms with Crippen LogP contribution < -0.4 is 19.5 Å². The first-order valence-corrected chi connectivity index (χ1v) is 11.8. The van der Waals surface area contributed by atoms with Crippen molar-refractivity contribution >= 4 is 16.9 Å². The molecule has 0 fully saturated rings. The van der Waals surface area contributed by atoms with Gasteiger partial charge in [-0.15, -0.1) is 0 Å². The van der Waals surface area contributed by atoms with Gasteiger partial charge >= 0.3 is 0 Å². The fourth-order valence-electron chi connectivity index (χ4n) is 3.91.